The zero-order chi connectivity index (χ0) is 14.4. The molecule has 1 aliphatic carbocycles. The van der Waals surface area contributed by atoms with E-state index in [9.17, 15) is 9.59 Å². The van der Waals surface area contributed by atoms with Gasteiger partial charge in [-0.05, 0) is 26.7 Å². The predicted molar refractivity (Wildman–Crippen MR) is 75.5 cm³/mol. The van der Waals surface area contributed by atoms with Crippen molar-refractivity contribution in [1.82, 2.24) is 10.2 Å². The van der Waals surface area contributed by atoms with Crippen molar-refractivity contribution in [2.24, 2.45) is 11.7 Å². The van der Waals surface area contributed by atoms with Crippen LogP contribution in [-0.2, 0) is 9.59 Å². The molecule has 0 spiro atoms. The van der Waals surface area contributed by atoms with Gasteiger partial charge in [0.1, 0.15) is 0 Å². The SMILES string of the molecule is CC(C)NC(=O)CN(C)C(=O)C1CCCCCC1N. The number of nitrogens with zero attached hydrogens (tertiary/aromatic N) is 1. The Morgan fingerprint density at radius 1 is 1.26 bits per heavy atom. The smallest absolute Gasteiger partial charge is 0.239 e. The molecule has 1 rings (SSSR count). The minimum atomic E-state index is -0.126. The van der Waals surface area contributed by atoms with Crippen LogP contribution in [0, 0.1) is 5.92 Å². The standard InChI is InChI=1S/C14H27N3O2/c1-10(2)16-13(18)9-17(3)14(19)11-7-5-4-6-8-12(11)15/h10-12H,4-9,15H2,1-3H3,(H,16,18). The summed E-state index contributed by atoms with van der Waals surface area (Å²) in [6.45, 7) is 3.92. The van der Waals surface area contributed by atoms with Crippen LogP contribution in [0.25, 0.3) is 0 Å². The molecule has 0 aliphatic heterocycles. The Labute approximate surface area is 115 Å². The first kappa shape index (κ1) is 16.0. The van der Waals surface area contributed by atoms with Gasteiger partial charge in [-0.25, -0.2) is 0 Å². The third-order valence-electron chi connectivity index (χ3n) is 3.59. The number of nitrogens with one attached hydrogen (secondary N) is 1. The van der Waals surface area contributed by atoms with E-state index in [2.05, 4.69) is 5.32 Å². The maximum absolute atomic E-state index is 12.3. The fraction of sp³-hybridized carbons (Fsp3) is 0.857. The maximum Gasteiger partial charge on any atom is 0.239 e. The molecule has 2 amide bonds. The van der Waals surface area contributed by atoms with Gasteiger partial charge in [-0.3, -0.25) is 9.59 Å². The van der Waals surface area contributed by atoms with Gasteiger partial charge in [0.05, 0.1) is 12.5 Å². The second-order valence-electron chi connectivity index (χ2n) is 5.82. The highest BCUT2D eigenvalue weighted by atomic mass is 16.2. The first-order valence-electron chi connectivity index (χ1n) is 7.21. The van der Waals surface area contributed by atoms with Gasteiger partial charge in [0.15, 0.2) is 0 Å². The van der Waals surface area contributed by atoms with Crippen LogP contribution in [0.1, 0.15) is 46.0 Å². The molecule has 0 aromatic carbocycles. The quantitative estimate of drug-likeness (QED) is 0.744. The Hall–Kier alpha value is -1.10. The fourth-order valence-corrected chi connectivity index (χ4v) is 2.59. The van der Waals surface area contributed by atoms with Crippen molar-refractivity contribution < 1.29 is 9.59 Å². The van der Waals surface area contributed by atoms with Crippen molar-refractivity contribution >= 4 is 11.8 Å². The lowest BCUT2D eigenvalue weighted by Crippen LogP contribution is -2.46. The average Bonchev–Trinajstić information content (AvgIpc) is 2.51. The number of amides is 2. The summed E-state index contributed by atoms with van der Waals surface area (Å²) in [5, 5.41) is 2.79. The van der Waals surface area contributed by atoms with E-state index in [1.54, 1.807) is 7.05 Å². The zero-order valence-corrected chi connectivity index (χ0v) is 12.3. The van der Waals surface area contributed by atoms with Gasteiger partial charge in [-0.15, -0.1) is 0 Å². The Bertz CT molecular complexity index is 318. The van der Waals surface area contributed by atoms with Crippen LogP contribution >= 0.6 is 0 Å². The van der Waals surface area contributed by atoms with Gasteiger partial charge in [-0.2, -0.15) is 0 Å². The molecule has 2 unspecified atom stereocenters. The molecule has 0 bridgehead atoms. The first-order chi connectivity index (χ1) is 8.91. The van der Waals surface area contributed by atoms with E-state index in [0.717, 1.165) is 32.1 Å². The fourth-order valence-electron chi connectivity index (χ4n) is 2.59. The predicted octanol–water partition coefficient (Wildman–Crippen LogP) is 0.877. The Morgan fingerprint density at radius 3 is 2.53 bits per heavy atom. The number of hydrogen-bond donors (Lipinski definition) is 2. The van der Waals surface area contributed by atoms with Gasteiger partial charge >= 0.3 is 0 Å². The van der Waals surface area contributed by atoms with Gasteiger partial charge in [0.2, 0.25) is 11.8 Å². The van der Waals surface area contributed by atoms with E-state index in [4.69, 9.17) is 5.73 Å². The molecule has 5 heteroatoms. The number of carbonyl (C=O) groups excluding carboxylic acids is 2. The van der Waals surface area contributed by atoms with Crippen molar-refractivity contribution in [3.63, 3.8) is 0 Å². The van der Waals surface area contributed by atoms with E-state index in [1.165, 1.54) is 4.90 Å². The maximum atomic E-state index is 12.3. The monoisotopic (exact) mass is 269 g/mol. The van der Waals surface area contributed by atoms with Crippen LogP contribution in [0.3, 0.4) is 0 Å². The summed E-state index contributed by atoms with van der Waals surface area (Å²) >= 11 is 0. The lowest BCUT2D eigenvalue weighted by atomic mass is 9.94. The number of likely N-dealkylation sites (N-methyl/N-ethyl adjacent to an activating group) is 1. The molecule has 5 nitrogen and oxygen atoms in total. The number of nitrogens with two attached hydrogens (primary N) is 1. The molecule has 0 saturated heterocycles. The van der Waals surface area contributed by atoms with Crippen LogP contribution in [0.2, 0.25) is 0 Å². The largest absolute Gasteiger partial charge is 0.352 e. The van der Waals surface area contributed by atoms with Crippen molar-refractivity contribution in [2.45, 2.75) is 58.0 Å². The van der Waals surface area contributed by atoms with Crippen molar-refractivity contribution in [2.75, 3.05) is 13.6 Å². The van der Waals surface area contributed by atoms with Gasteiger partial charge in [0.25, 0.3) is 0 Å². The molecule has 2 atom stereocenters. The third-order valence-corrected chi connectivity index (χ3v) is 3.59. The average molecular weight is 269 g/mol. The van der Waals surface area contributed by atoms with Crippen molar-refractivity contribution in [1.29, 1.82) is 0 Å². The van der Waals surface area contributed by atoms with Crippen molar-refractivity contribution in [3.05, 3.63) is 0 Å². The summed E-state index contributed by atoms with van der Waals surface area (Å²) in [7, 11) is 1.68. The van der Waals surface area contributed by atoms with Crippen LogP contribution in [0.15, 0.2) is 0 Å². The molecule has 19 heavy (non-hydrogen) atoms. The zero-order valence-electron chi connectivity index (χ0n) is 12.3. The summed E-state index contributed by atoms with van der Waals surface area (Å²) in [6.07, 6.45) is 5.05. The minimum absolute atomic E-state index is 0.00769. The molecule has 1 saturated carbocycles. The van der Waals surface area contributed by atoms with E-state index in [0.29, 0.717) is 0 Å². The number of carbonyl (C=O) groups is 2. The summed E-state index contributed by atoms with van der Waals surface area (Å²) in [6, 6.07) is 0.0294. The molecule has 110 valence electrons. The second-order valence-corrected chi connectivity index (χ2v) is 5.82. The summed E-state index contributed by atoms with van der Waals surface area (Å²) in [5.41, 5.74) is 6.08. The summed E-state index contributed by atoms with van der Waals surface area (Å²) in [5.74, 6) is -0.235. The highest BCUT2D eigenvalue weighted by Gasteiger charge is 2.29. The molecule has 1 aliphatic rings. The van der Waals surface area contributed by atoms with Gasteiger partial charge < -0.3 is 16.0 Å². The van der Waals surface area contributed by atoms with Crippen LogP contribution in [0.5, 0.6) is 0 Å². The van der Waals surface area contributed by atoms with Gasteiger partial charge in [-0.1, -0.05) is 19.3 Å². The molecule has 0 aromatic heterocycles. The third kappa shape index (κ3) is 5.19. The van der Waals surface area contributed by atoms with E-state index in [-0.39, 0.29) is 36.4 Å². The molecule has 0 heterocycles. The molecular weight excluding hydrogens is 242 g/mol. The second kappa shape index (κ2) is 7.48. The van der Waals surface area contributed by atoms with Crippen LogP contribution in [0.4, 0.5) is 0 Å². The Morgan fingerprint density at radius 2 is 1.89 bits per heavy atom. The number of hydrogen-bond acceptors (Lipinski definition) is 3. The molecule has 0 radical (unpaired) electrons. The molecule has 3 N–H and O–H groups in total. The molecular formula is C14H27N3O2. The van der Waals surface area contributed by atoms with Gasteiger partial charge in [0, 0.05) is 19.1 Å². The van der Waals surface area contributed by atoms with E-state index in [1.807, 2.05) is 13.8 Å². The summed E-state index contributed by atoms with van der Waals surface area (Å²) < 4.78 is 0. The molecule has 0 aromatic rings. The topological polar surface area (TPSA) is 75.4 Å². The van der Waals surface area contributed by atoms with Crippen LogP contribution < -0.4 is 11.1 Å². The minimum Gasteiger partial charge on any atom is -0.352 e. The summed E-state index contributed by atoms with van der Waals surface area (Å²) in [4.78, 5) is 25.5. The van der Waals surface area contributed by atoms with Crippen molar-refractivity contribution in [3.8, 4) is 0 Å². The van der Waals surface area contributed by atoms with Crippen LogP contribution in [-0.4, -0.2) is 42.4 Å². The highest BCUT2D eigenvalue weighted by molar-refractivity contribution is 5.86. The lowest BCUT2D eigenvalue weighted by molar-refractivity contribution is -0.138. The number of rotatable bonds is 4. The Balaban J connectivity index is 2.52. The lowest BCUT2D eigenvalue weighted by Gasteiger charge is -2.26. The van der Waals surface area contributed by atoms with E-state index >= 15 is 0 Å². The first-order valence-corrected chi connectivity index (χ1v) is 7.21. The highest BCUT2D eigenvalue weighted by Crippen LogP contribution is 2.23. The molecule has 1 fully saturated rings. The van der Waals surface area contributed by atoms with E-state index < -0.39 is 0 Å². The Kier molecular flexibility index (Phi) is 6.28. The normalized spacial score (nSPS) is 23.8.